The van der Waals surface area contributed by atoms with E-state index in [1.54, 1.807) is 12.4 Å². The molecule has 1 heterocycles. The summed E-state index contributed by atoms with van der Waals surface area (Å²) in [4.78, 5) is 16.2. The van der Waals surface area contributed by atoms with Crippen molar-refractivity contribution in [2.45, 2.75) is 0 Å². The van der Waals surface area contributed by atoms with Gasteiger partial charge in [0.2, 0.25) is 0 Å². The van der Waals surface area contributed by atoms with E-state index in [9.17, 15) is 9.90 Å². The van der Waals surface area contributed by atoms with Crippen molar-refractivity contribution in [3.05, 3.63) is 95.8 Å². The van der Waals surface area contributed by atoms with Crippen LogP contribution < -0.4 is 5.43 Å². The molecule has 5 heteroatoms. The maximum atomic E-state index is 12.2. The number of rotatable bonds is 4. The molecule has 3 aromatic rings. The van der Waals surface area contributed by atoms with Gasteiger partial charge in [0.15, 0.2) is 0 Å². The molecule has 0 saturated carbocycles. The zero-order chi connectivity index (χ0) is 16.8. The number of carbonyl (C=O) groups excluding carboxylic acids is 1. The fourth-order valence-electron chi connectivity index (χ4n) is 2.19. The number of nitrogens with one attached hydrogen (secondary N) is 1. The number of phenolic OH excluding ortho intramolecular Hbond substituents is 1. The summed E-state index contributed by atoms with van der Waals surface area (Å²) in [7, 11) is 0. The Hall–Kier alpha value is -3.47. The fourth-order valence-corrected chi connectivity index (χ4v) is 2.19. The molecule has 2 N–H and O–H groups in total. The predicted octanol–water partition coefficient (Wildman–Crippen LogP) is 2.97. The van der Waals surface area contributed by atoms with E-state index in [1.165, 1.54) is 24.3 Å². The average molecular weight is 317 g/mol. The van der Waals surface area contributed by atoms with Crippen LogP contribution in [0.2, 0.25) is 0 Å². The Balaban J connectivity index is 1.90. The Morgan fingerprint density at radius 3 is 2.12 bits per heavy atom. The number of amides is 1. The molecule has 0 fully saturated rings. The SMILES string of the molecule is O=C(N/N=C(/c1ccccc1)c1ccncc1)c1ccc(O)cc1. The van der Waals surface area contributed by atoms with Crippen molar-refractivity contribution in [2.24, 2.45) is 5.10 Å². The molecule has 24 heavy (non-hydrogen) atoms. The number of phenols is 1. The first-order chi connectivity index (χ1) is 11.7. The maximum absolute atomic E-state index is 12.2. The average Bonchev–Trinajstić information content (AvgIpc) is 2.64. The summed E-state index contributed by atoms with van der Waals surface area (Å²) in [6.07, 6.45) is 3.35. The maximum Gasteiger partial charge on any atom is 0.271 e. The van der Waals surface area contributed by atoms with Gasteiger partial charge < -0.3 is 5.11 Å². The van der Waals surface area contributed by atoms with E-state index in [2.05, 4.69) is 15.5 Å². The first-order valence-electron chi connectivity index (χ1n) is 7.37. The van der Waals surface area contributed by atoms with E-state index in [4.69, 9.17) is 0 Å². The molecule has 1 amide bonds. The van der Waals surface area contributed by atoms with Crippen molar-refractivity contribution in [3.63, 3.8) is 0 Å². The van der Waals surface area contributed by atoms with Crippen LogP contribution in [-0.4, -0.2) is 21.7 Å². The molecule has 118 valence electrons. The first-order valence-corrected chi connectivity index (χ1v) is 7.37. The molecule has 3 rings (SSSR count). The lowest BCUT2D eigenvalue weighted by atomic mass is 10.0. The molecule has 0 radical (unpaired) electrons. The fraction of sp³-hybridized carbons (Fsp3) is 0. The van der Waals surface area contributed by atoms with Crippen molar-refractivity contribution in [1.82, 2.24) is 10.4 Å². The van der Waals surface area contributed by atoms with Crippen LogP contribution in [0.3, 0.4) is 0 Å². The Morgan fingerprint density at radius 1 is 0.833 bits per heavy atom. The van der Waals surface area contributed by atoms with Gasteiger partial charge in [0.05, 0.1) is 5.71 Å². The normalized spacial score (nSPS) is 11.1. The van der Waals surface area contributed by atoms with Gasteiger partial charge in [0, 0.05) is 29.1 Å². The lowest BCUT2D eigenvalue weighted by molar-refractivity contribution is 0.0955. The summed E-state index contributed by atoms with van der Waals surface area (Å²) < 4.78 is 0. The van der Waals surface area contributed by atoms with Gasteiger partial charge in [-0.3, -0.25) is 9.78 Å². The van der Waals surface area contributed by atoms with Crippen LogP contribution in [0.1, 0.15) is 21.5 Å². The lowest BCUT2D eigenvalue weighted by Crippen LogP contribution is -2.20. The molecule has 5 nitrogen and oxygen atoms in total. The Morgan fingerprint density at radius 2 is 1.46 bits per heavy atom. The number of aromatic hydroxyl groups is 1. The molecule has 2 aromatic carbocycles. The molecular formula is C19H15N3O2. The number of benzene rings is 2. The molecule has 0 saturated heterocycles. The van der Waals surface area contributed by atoms with Crippen LogP contribution in [0.4, 0.5) is 0 Å². The third-order valence-electron chi connectivity index (χ3n) is 3.40. The Labute approximate surface area is 139 Å². The van der Waals surface area contributed by atoms with Crippen molar-refractivity contribution in [2.75, 3.05) is 0 Å². The molecular weight excluding hydrogens is 302 g/mol. The van der Waals surface area contributed by atoms with E-state index in [-0.39, 0.29) is 11.7 Å². The second-order valence-electron chi connectivity index (χ2n) is 5.05. The standard InChI is InChI=1S/C19H15N3O2/c23-17-8-6-16(7-9-17)19(24)22-21-18(14-4-2-1-3-5-14)15-10-12-20-13-11-15/h1-13,23H,(H,22,24)/b21-18-. The third kappa shape index (κ3) is 3.64. The van der Waals surface area contributed by atoms with Crippen LogP contribution in [0, 0.1) is 0 Å². The smallest absolute Gasteiger partial charge is 0.271 e. The minimum absolute atomic E-state index is 0.108. The van der Waals surface area contributed by atoms with Crippen molar-refractivity contribution >= 4 is 11.6 Å². The Bertz CT molecular complexity index is 803. The number of pyridine rings is 1. The van der Waals surface area contributed by atoms with Gasteiger partial charge in [0.1, 0.15) is 5.75 Å². The number of hydrazone groups is 1. The highest BCUT2D eigenvalue weighted by atomic mass is 16.3. The predicted molar refractivity (Wildman–Crippen MR) is 91.9 cm³/mol. The molecule has 0 spiro atoms. The van der Waals surface area contributed by atoms with E-state index in [0.717, 1.165) is 11.1 Å². The molecule has 1 aromatic heterocycles. The van der Waals surface area contributed by atoms with Gasteiger partial charge in [0.25, 0.3) is 5.91 Å². The van der Waals surface area contributed by atoms with Crippen LogP contribution in [0.25, 0.3) is 0 Å². The largest absolute Gasteiger partial charge is 0.508 e. The van der Waals surface area contributed by atoms with E-state index >= 15 is 0 Å². The van der Waals surface area contributed by atoms with Gasteiger partial charge in [-0.15, -0.1) is 0 Å². The number of carbonyl (C=O) groups is 1. The molecule has 0 aliphatic rings. The van der Waals surface area contributed by atoms with Gasteiger partial charge in [-0.05, 0) is 36.4 Å². The summed E-state index contributed by atoms with van der Waals surface area (Å²) in [5.74, 6) is -0.241. The van der Waals surface area contributed by atoms with Gasteiger partial charge >= 0.3 is 0 Å². The second kappa shape index (κ2) is 7.19. The van der Waals surface area contributed by atoms with Crippen molar-refractivity contribution < 1.29 is 9.90 Å². The monoisotopic (exact) mass is 317 g/mol. The zero-order valence-electron chi connectivity index (χ0n) is 12.8. The molecule has 0 bridgehead atoms. The highest BCUT2D eigenvalue weighted by Crippen LogP contribution is 2.11. The third-order valence-corrected chi connectivity index (χ3v) is 3.40. The number of hydrogen-bond donors (Lipinski definition) is 2. The minimum atomic E-state index is -0.350. The summed E-state index contributed by atoms with van der Waals surface area (Å²) in [6, 6.07) is 19.2. The van der Waals surface area contributed by atoms with Gasteiger partial charge in [-0.1, -0.05) is 30.3 Å². The van der Waals surface area contributed by atoms with Crippen LogP contribution >= 0.6 is 0 Å². The summed E-state index contributed by atoms with van der Waals surface area (Å²) >= 11 is 0. The summed E-state index contributed by atoms with van der Waals surface area (Å²) in [5.41, 5.74) is 5.35. The number of nitrogens with zero attached hydrogens (tertiary/aromatic N) is 2. The topological polar surface area (TPSA) is 74.6 Å². The molecule has 0 unspecified atom stereocenters. The highest BCUT2D eigenvalue weighted by molar-refractivity contribution is 6.13. The highest BCUT2D eigenvalue weighted by Gasteiger charge is 2.09. The van der Waals surface area contributed by atoms with Crippen LogP contribution in [0.15, 0.2) is 84.2 Å². The quantitative estimate of drug-likeness (QED) is 0.574. The van der Waals surface area contributed by atoms with E-state index in [1.807, 2.05) is 42.5 Å². The molecule has 0 atom stereocenters. The van der Waals surface area contributed by atoms with Crippen LogP contribution in [0.5, 0.6) is 5.75 Å². The van der Waals surface area contributed by atoms with Crippen molar-refractivity contribution in [3.8, 4) is 5.75 Å². The lowest BCUT2D eigenvalue weighted by Gasteiger charge is -2.08. The van der Waals surface area contributed by atoms with Crippen LogP contribution in [-0.2, 0) is 0 Å². The van der Waals surface area contributed by atoms with E-state index in [0.29, 0.717) is 11.3 Å². The second-order valence-corrected chi connectivity index (χ2v) is 5.05. The van der Waals surface area contributed by atoms with Gasteiger partial charge in [-0.2, -0.15) is 5.10 Å². The number of hydrogen-bond acceptors (Lipinski definition) is 4. The van der Waals surface area contributed by atoms with E-state index < -0.39 is 0 Å². The molecule has 0 aliphatic carbocycles. The zero-order valence-corrected chi connectivity index (χ0v) is 12.8. The Kier molecular flexibility index (Phi) is 4.62. The van der Waals surface area contributed by atoms with Crippen molar-refractivity contribution in [1.29, 1.82) is 0 Å². The number of aromatic nitrogens is 1. The minimum Gasteiger partial charge on any atom is -0.508 e. The van der Waals surface area contributed by atoms with Gasteiger partial charge in [-0.25, -0.2) is 5.43 Å². The summed E-state index contributed by atoms with van der Waals surface area (Å²) in [5, 5.41) is 13.6. The molecule has 0 aliphatic heterocycles. The first kappa shape index (κ1) is 15.4. The summed E-state index contributed by atoms with van der Waals surface area (Å²) in [6.45, 7) is 0.